The van der Waals surface area contributed by atoms with Gasteiger partial charge in [0.05, 0.1) is 16.2 Å². The van der Waals surface area contributed by atoms with Gasteiger partial charge in [0, 0.05) is 39.2 Å². The molecule has 220 valence electrons. The van der Waals surface area contributed by atoms with Crippen molar-refractivity contribution in [3.05, 3.63) is 92.0 Å². The summed E-state index contributed by atoms with van der Waals surface area (Å²) in [5.41, 5.74) is 1.19. The van der Waals surface area contributed by atoms with E-state index in [-0.39, 0.29) is 22.0 Å². The highest BCUT2D eigenvalue weighted by Crippen LogP contribution is 2.45. The van der Waals surface area contributed by atoms with Crippen LogP contribution in [-0.4, -0.2) is 21.1 Å². The number of rotatable bonds is 6. The second kappa shape index (κ2) is 11.9. The highest BCUT2D eigenvalue weighted by molar-refractivity contribution is 7.99. The molecule has 0 radical (unpaired) electrons. The lowest BCUT2D eigenvalue weighted by Crippen LogP contribution is -2.26. The molecule has 0 aliphatic heterocycles. The summed E-state index contributed by atoms with van der Waals surface area (Å²) in [6.07, 6.45) is -0.693. The van der Waals surface area contributed by atoms with Crippen LogP contribution in [0.5, 0.6) is 0 Å². The summed E-state index contributed by atoms with van der Waals surface area (Å²) in [5.74, 6) is 0.468. The smallest absolute Gasteiger partial charge is 0.258 e. The second-order valence-corrected chi connectivity index (χ2v) is 13.3. The molecule has 0 spiro atoms. The molecule has 0 N–H and O–H groups in total. The first-order chi connectivity index (χ1) is 20.3. The Labute approximate surface area is 254 Å². The van der Waals surface area contributed by atoms with Crippen LogP contribution in [0.2, 0.25) is 0 Å². The molecular formula is C31H26F3N5O2S2. The number of halogens is 3. The van der Waals surface area contributed by atoms with Gasteiger partial charge in [0.15, 0.2) is 5.16 Å². The van der Waals surface area contributed by atoms with Crippen molar-refractivity contribution in [2.24, 2.45) is 16.3 Å². The lowest BCUT2D eigenvalue weighted by Gasteiger charge is -2.33. The Morgan fingerprint density at radius 2 is 1.88 bits per heavy atom. The number of non-ortho nitro benzene ring substituents is 1. The van der Waals surface area contributed by atoms with E-state index in [0.29, 0.717) is 32.5 Å². The summed E-state index contributed by atoms with van der Waals surface area (Å²) in [6, 6.07) is 15.6. The fourth-order valence-electron chi connectivity index (χ4n) is 4.96. The van der Waals surface area contributed by atoms with Gasteiger partial charge in [-0.15, -0.1) is 11.3 Å². The molecule has 2 aromatic carbocycles. The summed E-state index contributed by atoms with van der Waals surface area (Å²) in [7, 11) is 0. The highest BCUT2D eigenvalue weighted by Gasteiger charge is 2.34. The van der Waals surface area contributed by atoms with Gasteiger partial charge in [-0.25, -0.2) is 15.0 Å². The Hall–Kier alpha value is -4.08. The van der Waals surface area contributed by atoms with Crippen LogP contribution in [0.15, 0.2) is 69.6 Å². The first-order valence-electron chi connectivity index (χ1n) is 13.4. The molecule has 1 aliphatic rings. The molecular weight excluding hydrogens is 596 g/mol. The molecule has 0 unspecified atom stereocenters. The summed E-state index contributed by atoms with van der Waals surface area (Å²) < 4.78 is 41.3. The van der Waals surface area contributed by atoms with Gasteiger partial charge in [-0.2, -0.15) is 18.4 Å². The Balaban J connectivity index is 1.54. The number of benzene rings is 2. The van der Waals surface area contributed by atoms with E-state index in [1.54, 1.807) is 30.3 Å². The largest absolute Gasteiger partial charge is 0.433 e. The van der Waals surface area contributed by atoms with E-state index in [9.17, 15) is 28.5 Å². The third-order valence-electron chi connectivity index (χ3n) is 7.38. The van der Waals surface area contributed by atoms with E-state index < -0.39 is 16.8 Å². The molecule has 1 aliphatic carbocycles. The zero-order valence-corrected chi connectivity index (χ0v) is 25.1. The van der Waals surface area contributed by atoms with Gasteiger partial charge in [0.1, 0.15) is 16.8 Å². The molecule has 0 saturated carbocycles. The number of nitro benzene ring substituents is 1. The topological polar surface area (TPSA) is 105 Å². The van der Waals surface area contributed by atoms with Crippen LogP contribution in [0, 0.1) is 32.8 Å². The zero-order valence-electron chi connectivity index (χ0n) is 23.5. The van der Waals surface area contributed by atoms with E-state index in [4.69, 9.17) is 0 Å². The number of aromatic nitrogens is 2. The Morgan fingerprint density at radius 3 is 2.53 bits per heavy atom. The van der Waals surface area contributed by atoms with Crippen LogP contribution in [0.3, 0.4) is 0 Å². The molecule has 7 nitrogen and oxygen atoms in total. The van der Waals surface area contributed by atoms with Crippen LogP contribution in [-0.2, 0) is 19.0 Å². The van der Waals surface area contributed by atoms with E-state index in [0.717, 1.165) is 47.5 Å². The molecule has 12 heteroatoms. The maximum Gasteiger partial charge on any atom is 0.433 e. The van der Waals surface area contributed by atoms with Crippen molar-refractivity contribution in [3.8, 4) is 17.3 Å². The summed E-state index contributed by atoms with van der Waals surface area (Å²) in [5, 5.41) is 21.8. The molecule has 2 heterocycles. The van der Waals surface area contributed by atoms with Gasteiger partial charge in [0.25, 0.3) is 5.69 Å². The number of fused-ring (bicyclic) bond motifs is 1. The van der Waals surface area contributed by atoms with Crippen molar-refractivity contribution in [2.75, 3.05) is 0 Å². The molecule has 5 rings (SSSR count). The van der Waals surface area contributed by atoms with Crippen molar-refractivity contribution in [3.63, 3.8) is 0 Å². The van der Waals surface area contributed by atoms with E-state index in [2.05, 4.69) is 41.8 Å². The molecule has 2 aromatic heterocycles. The van der Waals surface area contributed by atoms with Crippen LogP contribution in [0.1, 0.15) is 54.5 Å². The molecule has 4 aromatic rings. The number of aliphatic imine (C=N–C) groups is 1. The Bertz CT molecular complexity index is 1760. The fraction of sp³-hybridized carbons (Fsp3) is 0.290. The van der Waals surface area contributed by atoms with Crippen LogP contribution >= 0.6 is 23.1 Å². The van der Waals surface area contributed by atoms with Gasteiger partial charge < -0.3 is 0 Å². The van der Waals surface area contributed by atoms with Crippen LogP contribution in [0.25, 0.3) is 11.3 Å². The number of hydrogen-bond donors (Lipinski definition) is 0. The van der Waals surface area contributed by atoms with Crippen molar-refractivity contribution < 1.29 is 18.1 Å². The molecule has 1 atom stereocenters. The van der Waals surface area contributed by atoms with Gasteiger partial charge in [-0.3, -0.25) is 10.1 Å². The van der Waals surface area contributed by atoms with Crippen LogP contribution < -0.4 is 0 Å². The Kier molecular flexibility index (Phi) is 8.40. The maximum atomic E-state index is 13.8. The van der Waals surface area contributed by atoms with E-state index >= 15 is 0 Å². The average Bonchev–Trinajstić information content (AvgIpc) is 3.32. The number of hydrogen-bond acceptors (Lipinski definition) is 8. The van der Waals surface area contributed by atoms with Crippen molar-refractivity contribution >= 4 is 40.0 Å². The number of thiophene rings is 1. The maximum absolute atomic E-state index is 13.8. The number of nitro groups is 1. The molecule has 0 saturated heterocycles. The summed E-state index contributed by atoms with van der Waals surface area (Å²) in [4.78, 5) is 25.2. The van der Waals surface area contributed by atoms with Crippen molar-refractivity contribution in [1.82, 2.24) is 9.97 Å². The molecule has 43 heavy (non-hydrogen) atoms. The SMILES string of the molecule is CC(C)(C)[C@@H]1CCc2c(sc(N=Cc3cc([N+](=O)[O-])ccc3Sc3nc(-c4ccccc4)cc(C(F)(F)F)n3)c2C#N)C1. The standard InChI is InChI=1S/C31H26F3N5O2S2/c1-30(2,3)20-9-11-22-23(16-35)28(42-26(22)14-20)36-17-19-13-21(39(40)41)10-12-25(19)43-29-37-24(18-7-5-4-6-8-18)15-27(38-29)31(32,33)34/h4-8,10,12-13,15,17,20H,9,11,14H2,1-3H3/t20-/m1/s1. The predicted octanol–water partition coefficient (Wildman–Crippen LogP) is 9.06. The molecule has 0 amide bonds. The van der Waals surface area contributed by atoms with Gasteiger partial charge >= 0.3 is 6.18 Å². The van der Waals surface area contributed by atoms with Gasteiger partial charge in [-0.05, 0) is 60.1 Å². The molecule has 0 bridgehead atoms. The summed E-state index contributed by atoms with van der Waals surface area (Å²) in [6.45, 7) is 6.62. The first-order valence-corrected chi connectivity index (χ1v) is 15.0. The quantitative estimate of drug-likeness (QED) is 0.0921. The average molecular weight is 622 g/mol. The zero-order chi connectivity index (χ0) is 30.9. The number of nitrogens with zero attached hydrogens (tertiary/aromatic N) is 5. The Morgan fingerprint density at radius 1 is 1.14 bits per heavy atom. The van der Waals surface area contributed by atoms with Gasteiger partial charge in [0.2, 0.25) is 0 Å². The second-order valence-electron chi connectivity index (χ2n) is 11.2. The van der Waals surface area contributed by atoms with Crippen LogP contribution in [0.4, 0.5) is 23.9 Å². The van der Waals surface area contributed by atoms with Crippen molar-refractivity contribution in [1.29, 1.82) is 5.26 Å². The number of nitriles is 1. The summed E-state index contributed by atoms with van der Waals surface area (Å²) >= 11 is 2.29. The normalized spacial score (nSPS) is 15.3. The van der Waals surface area contributed by atoms with Gasteiger partial charge in [-0.1, -0.05) is 51.1 Å². The monoisotopic (exact) mass is 621 g/mol. The lowest BCUT2D eigenvalue weighted by atomic mass is 9.72. The third-order valence-corrected chi connectivity index (χ3v) is 9.49. The minimum Gasteiger partial charge on any atom is -0.258 e. The molecule has 0 fully saturated rings. The highest BCUT2D eigenvalue weighted by atomic mass is 32.2. The predicted molar refractivity (Wildman–Crippen MR) is 161 cm³/mol. The number of alkyl halides is 3. The first kappa shape index (κ1) is 30.4. The van der Waals surface area contributed by atoms with Crippen molar-refractivity contribution in [2.45, 2.75) is 56.3 Å². The van der Waals surface area contributed by atoms with E-state index in [1.165, 1.54) is 35.8 Å². The lowest BCUT2D eigenvalue weighted by molar-refractivity contribution is -0.384. The van der Waals surface area contributed by atoms with E-state index in [1.807, 2.05) is 0 Å². The fourth-order valence-corrected chi connectivity index (χ4v) is 7.03. The third kappa shape index (κ3) is 6.78. The minimum absolute atomic E-state index is 0.0962. The minimum atomic E-state index is -4.71.